The molecule has 0 spiro atoms. The molecule has 29 heavy (non-hydrogen) atoms. The highest BCUT2D eigenvalue weighted by Gasteiger charge is 2.38. The van der Waals surface area contributed by atoms with E-state index < -0.39 is 12.1 Å². The van der Waals surface area contributed by atoms with Gasteiger partial charge in [-0.15, -0.1) is 0 Å². The Kier molecular flexibility index (Phi) is 10.3. The van der Waals surface area contributed by atoms with Crippen molar-refractivity contribution >= 4 is 17.9 Å². The van der Waals surface area contributed by atoms with E-state index in [0.29, 0.717) is 13.2 Å². The first-order valence-corrected chi connectivity index (χ1v) is 8.61. The zero-order valence-electron chi connectivity index (χ0n) is 16.0. The maximum atomic E-state index is 11.9. The number of halogens is 3. The molecule has 164 valence electrons. The minimum absolute atomic E-state index is 0.260. The van der Waals surface area contributed by atoms with Crippen LogP contribution in [0.15, 0.2) is 12.3 Å². The summed E-state index contributed by atoms with van der Waals surface area (Å²) in [6, 6.07) is 1.69. The van der Waals surface area contributed by atoms with Crippen LogP contribution in [0, 0.1) is 0 Å². The summed E-state index contributed by atoms with van der Waals surface area (Å²) in [6.45, 7) is 6.31. The van der Waals surface area contributed by atoms with Crippen molar-refractivity contribution in [1.29, 1.82) is 0 Å². The molecule has 0 saturated carbocycles. The number of rotatable bonds is 6. The van der Waals surface area contributed by atoms with Crippen LogP contribution in [0.2, 0.25) is 0 Å². The molecule has 13 heteroatoms. The third kappa shape index (κ3) is 10.0. The van der Waals surface area contributed by atoms with Gasteiger partial charge in [0, 0.05) is 39.0 Å². The Morgan fingerprint density at radius 1 is 1.38 bits per heavy atom. The molecular weight excluding hydrogens is 399 g/mol. The van der Waals surface area contributed by atoms with Crippen LogP contribution in [0.4, 0.5) is 23.9 Å². The summed E-state index contributed by atoms with van der Waals surface area (Å²) in [5.41, 5.74) is 0.717. The number of methoxy groups -OCH3 is 1. The Morgan fingerprint density at radius 3 is 2.55 bits per heavy atom. The lowest BCUT2D eigenvalue weighted by Crippen LogP contribution is -2.47. The van der Waals surface area contributed by atoms with E-state index in [2.05, 4.69) is 32.4 Å². The number of urea groups is 1. The molecule has 1 unspecified atom stereocenters. The highest BCUT2D eigenvalue weighted by Crippen LogP contribution is 2.13. The molecule has 3 N–H and O–H groups in total. The van der Waals surface area contributed by atoms with Crippen molar-refractivity contribution in [1.82, 2.24) is 20.2 Å². The Morgan fingerprint density at radius 2 is 2.00 bits per heavy atom. The van der Waals surface area contributed by atoms with E-state index in [4.69, 9.17) is 19.4 Å². The van der Waals surface area contributed by atoms with Crippen LogP contribution < -0.4 is 10.6 Å². The number of morpholine rings is 1. The second-order valence-electron chi connectivity index (χ2n) is 5.94. The molecule has 0 radical (unpaired) electrons. The molecule has 1 atom stereocenters. The van der Waals surface area contributed by atoms with E-state index in [1.807, 2.05) is 0 Å². The normalized spacial score (nSPS) is 15.6. The molecule has 2 amide bonds. The highest BCUT2D eigenvalue weighted by molar-refractivity contribution is 5.87. The molecule has 1 aliphatic rings. The van der Waals surface area contributed by atoms with Gasteiger partial charge < -0.3 is 19.9 Å². The number of carboxylic acid groups (broad SMARTS) is 1. The molecule has 2 heterocycles. The van der Waals surface area contributed by atoms with Gasteiger partial charge in [-0.3, -0.25) is 10.2 Å². The number of nitrogens with zero attached hydrogens (tertiary/aromatic N) is 3. The minimum Gasteiger partial charge on any atom is -0.475 e. The third-order valence-corrected chi connectivity index (χ3v) is 3.70. The van der Waals surface area contributed by atoms with E-state index in [9.17, 15) is 18.0 Å². The Balaban J connectivity index is 0.000000516. The van der Waals surface area contributed by atoms with Crippen LogP contribution in [-0.2, 0) is 20.9 Å². The summed E-state index contributed by atoms with van der Waals surface area (Å²) in [7, 11) is 1.59. The highest BCUT2D eigenvalue weighted by atomic mass is 19.4. The summed E-state index contributed by atoms with van der Waals surface area (Å²) in [4.78, 5) is 31.3. The summed E-state index contributed by atoms with van der Waals surface area (Å²) < 4.78 is 42.1. The zero-order chi connectivity index (χ0) is 21.9. The number of anilines is 1. The fourth-order valence-electron chi connectivity index (χ4n) is 2.22. The van der Waals surface area contributed by atoms with Gasteiger partial charge in [0.15, 0.2) is 0 Å². The second-order valence-corrected chi connectivity index (χ2v) is 5.94. The smallest absolute Gasteiger partial charge is 0.475 e. The third-order valence-electron chi connectivity index (χ3n) is 3.70. The summed E-state index contributed by atoms with van der Waals surface area (Å²) in [5.74, 6) is -2.49. The van der Waals surface area contributed by atoms with Crippen molar-refractivity contribution in [3.8, 4) is 0 Å². The molecule has 0 aliphatic carbocycles. The van der Waals surface area contributed by atoms with Crippen molar-refractivity contribution in [2.75, 3.05) is 45.3 Å². The number of aliphatic carboxylic acids is 1. The first kappa shape index (κ1) is 24.5. The Hall–Kier alpha value is -2.51. The lowest BCUT2D eigenvalue weighted by molar-refractivity contribution is -0.192. The summed E-state index contributed by atoms with van der Waals surface area (Å²) in [5, 5.41) is 12.6. The Labute approximate surface area is 165 Å². The lowest BCUT2D eigenvalue weighted by atomic mass is 10.2. The van der Waals surface area contributed by atoms with E-state index in [1.165, 1.54) is 0 Å². The van der Waals surface area contributed by atoms with Crippen molar-refractivity contribution in [2.24, 2.45) is 0 Å². The molecule has 2 rings (SSSR count). The second kappa shape index (κ2) is 12.1. The van der Waals surface area contributed by atoms with Crippen LogP contribution in [-0.4, -0.2) is 84.2 Å². The van der Waals surface area contributed by atoms with Gasteiger partial charge in [0.05, 0.1) is 25.5 Å². The van der Waals surface area contributed by atoms with Crippen LogP contribution in [0.3, 0.4) is 0 Å². The Bertz CT molecular complexity index is 656. The van der Waals surface area contributed by atoms with Crippen LogP contribution in [0.1, 0.15) is 12.6 Å². The fourth-order valence-corrected chi connectivity index (χ4v) is 2.22. The van der Waals surface area contributed by atoms with E-state index in [1.54, 1.807) is 19.4 Å². The average Bonchev–Trinajstić information content (AvgIpc) is 2.67. The van der Waals surface area contributed by atoms with Gasteiger partial charge in [0.1, 0.15) is 0 Å². The van der Waals surface area contributed by atoms with Gasteiger partial charge in [-0.1, -0.05) is 0 Å². The predicted octanol–water partition coefficient (Wildman–Crippen LogP) is 1.10. The molecule has 0 bridgehead atoms. The van der Waals surface area contributed by atoms with E-state index >= 15 is 0 Å². The average molecular weight is 423 g/mol. The molecule has 1 saturated heterocycles. The molecule has 0 aromatic carbocycles. The van der Waals surface area contributed by atoms with Crippen molar-refractivity contribution in [3.05, 3.63) is 18.0 Å². The summed E-state index contributed by atoms with van der Waals surface area (Å²) in [6.07, 6.45) is -3.49. The number of carbonyl (C=O) groups excluding carboxylic acids is 1. The number of aromatic nitrogens is 2. The number of hydrogen-bond acceptors (Lipinski definition) is 7. The molecule has 10 nitrogen and oxygen atoms in total. The minimum atomic E-state index is -5.08. The van der Waals surface area contributed by atoms with Crippen molar-refractivity contribution in [2.45, 2.75) is 25.7 Å². The standard InChI is InChI=1S/C14H23N5O3.C2HF3O2/c1-11(19-5-7-22-8-6-19)9-16-14(20)18-13-15-4-3-12(17-13)10-21-2;3-2(4,5)1(6)7/h3-4,11H,5-10H2,1-2H3,(H2,15,16,17,18,20);(H,6,7). The van der Waals surface area contributed by atoms with Crippen LogP contribution in [0.25, 0.3) is 0 Å². The number of hydrogen-bond donors (Lipinski definition) is 3. The quantitative estimate of drug-likeness (QED) is 0.621. The maximum absolute atomic E-state index is 11.9. The van der Waals surface area contributed by atoms with Gasteiger partial charge in [-0.2, -0.15) is 13.2 Å². The van der Waals surface area contributed by atoms with Crippen LogP contribution >= 0.6 is 0 Å². The molecular formula is C16H24F3N5O5. The number of alkyl halides is 3. The van der Waals surface area contributed by atoms with Gasteiger partial charge >= 0.3 is 18.2 Å². The first-order chi connectivity index (χ1) is 13.6. The number of carboxylic acids is 1. The predicted molar refractivity (Wildman–Crippen MR) is 95.3 cm³/mol. The fraction of sp³-hybridized carbons (Fsp3) is 0.625. The molecule has 1 aromatic heterocycles. The van der Waals surface area contributed by atoms with Crippen LogP contribution in [0.5, 0.6) is 0 Å². The molecule has 1 aliphatic heterocycles. The first-order valence-electron chi connectivity index (χ1n) is 8.61. The zero-order valence-corrected chi connectivity index (χ0v) is 16.0. The number of ether oxygens (including phenoxy) is 2. The van der Waals surface area contributed by atoms with Gasteiger partial charge in [0.25, 0.3) is 0 Å². The van der Waals surface area contributed by atoms with Gasteiger partial charge in [-0.25, -0.2) is 19.6 Å². The molecule has 1 fully saturated rings. The topological polar surface area (TPSA) is 126 Å². The SMILES string of the molecule is COCc1ccnc(NC(=O)NCC(C)N2CCOCC2)n1.O=C(O)C(F)(F)F. The lowest BCUT2D eigenvalue weighted by Gasteiger charge is -2.32. The van der Waals surface area contributed by atoms with E-state index in [-0.39, 0.29) is 18.0 Å². The van der Waals surface area contributed by atoms with E-state index in [0.717, 1.165) is 32.0 Å². The number of carbonyl (C=O) groups is 2. The number of nitrogens with one attached hydrogen (secondary N) is 2. The van der Waals surface area contributed by atoms with Gasteiger partial charge in [0.2, 0.25) is 5.95 Å². The van der Waals surface area contributed by atoms with Gasteiger partial charge in [-0.05, 0) is 13.0 Å². The molecule has 1 aromatic rings. The van der Waals surface area contributed by atoms with Crippen molar-refractivity contribution < 1.29 is 37.3 Å². The largest absolute Gasteiger partial charge is 0.490 e. The number of amides is 2. The maximum Gasteiger partial charge on any atom is 0.490 e. The summed E-state index contributed by atoms with van der Waals surface area (Å²) >= 11 is 0. The van der Waals surface area contributed by atoms with Crippen molar-refractivity contribution in [3.63, 3.8) is 0 Å². The monoisotopic (exact) mass is 423 g/mol.